The molecule has 19 heavy (non-hydrogen) atoms. The van der Waals surface area contributed by atoms with E-state index in [1.165, 1.54) is 0 Å². The van der Waals surface area contributed by atoms with Gasteiger partial charge in [-0.25, -0.2) is 0 Å². The number of ether oxygens (including phenoxy) is 1. The number of esters is 1. The zero-order valence-electron chi connectivity index (χ0n) is 12.3. The van der Waals surface area contributed by atoms with E-state index in [1.54, 1.807) is 27.7 Å². The summed E-state index contributed by atoms with van der Waals surface area (Å²) >= 11 is 0. The van der Waals surface area contributed by atoms with Crippen molar-refractivity contribution in [3.05, 3.63) is 0 Å². The zero-order valence-corrected chi connectivity index (χ0v) is 12.3. The van der Waals surface area contributed by atoms with Gasteiger partial charge in [0, 0.05) is 0 Å². The molecule has 1 heterocycles. The van der Waals surface area contributed by atoms with Crippen LogP contribution in [0.1, 0.15) is 53.9 Å². The van der Waals surface area contributed by atoms with Crippen LogP contribution < -0.4 is 5.32 Å². The van der Waals surface area contributed by atoms with Gasteiger partial charge >= 0.3 is 5.97 Å². The highest BCUT2D eigenvalue weighted by molar-refractivity contribution is 6.10. The quantitative estimate of drug-likeness (QED) is 0.621. The number of nitrogens with one attached hydrogen (secondary N) is 1. The molecule has 0 aromatic heterocycles. The fraction of sp³-hybridized carbons (Fsp3) is 0.786. The third kappa shape index (κ3) is 3.78. The Kier molecular flexibility index (Phi) is 4.38. The van der Waals surface area contributed by atoms with Crippen molar-refractivity contribution in [2.24, 2.45) is 5.92 Å². The highest BCUT2D eigenvalue weighted by atomic mass is 16.6. The molecule has 0 spiro atoms. The minimum Gasteiger partial charge on any atom is -0.460 e. The average Bonchev–Trinajstić information content (AvgIpc) is 2.51. The Balaban J connectivity index is 2.74. The lowest BCUT2D eigenvalue weighted by atomic mass is 9.83. The fourth-order valence-electron chi connectivity index (χ4n) is 2.30. The van der Waals surface area contributed by atoms with Crippen LogP contribution in [0.4, 0.5) is 0 Å². The van der Waals surface area contributed by atoms with Crippen LogP contribution in [0.15, 0.2) is 0 Å². The van der Waals surface area contributed by atoms with Gasteiger partial charge in [-0.3, -0.25) is 14.4 Å². The maximum atomic E-state index is 11.9. The molecule has 1 aliphatic rings. The molecule has 2 atom stereocenters. The zero-order chi connectivity index (χ0) is 14.8. The minimum atomic E-state index is -0.895. The van der Waals surface area contributed by atoms with Crippen LogP contribution in [0.3, 0.4) is 0 Å². The van der Waals surface area contributed by atoms with Crippen molar-refractivity contribution >= 4 is 17.7 Å². The van der Waals surface area contributed by atoms with Gasteiger partial charge in [-0.15, -0.1) is 0 Å². The summed E-state index contributed by atoms with van der Waals surface area (Å²) in [5, 5.41) is 2.72. The first-order chi connectivity index (χ1) is 8.59. The maximum Gasteiger partial charge on any atom is 0.309 e. The lowest BCUT2D eigenvalue weighted by Crippen LogP contribution is -2.48. The molecule has 0 aliphatic carbocycles. The average molecular weight is 269 g/mol. The SMILES string of the molecule is CCC1(CC(C)C(=O)OC(C)(C)C)NC(=O)CC1=O. The second kappa shape index (κ2) is 5.31. The summed E-state index contributed by atoms with van der Waals surface area (Å²) in [5.74, 6) is -1.16. The lowest BCUT2D eigenvalue weighted by Gasteiger charge is -2.30. The van der Waals surface area contributed by atoms with E-state index < -0.39 is 17.1 Å². The molecule has 5 heteroatoms. The maximum absolute atomic E-state index is 11.9. The largest absolute Gasteiger partial charge is 0.460 e. The number of Topliss-reactive ketones (excluding diaryl/α,β-unsaturated/α-hetero) is 1. The van der Waals surface area contributed by atoms with Crippen molar-refractivity contribution in [1.29, 1.82) is 0 Å². The molecule has 108 valence electrons. The van der Waals surface area contributed by atoms with Crippen molar-refractivity contribution in [2.45, 2.75) is 65.0 Å². The van der Waals surface area contributed by atoms with Crippen molar-refractivity contribution in [3.8, 4) is 0 Å². The van der Waals surface area contributed by atoms with Gasteiger partial charge in [0.15, 0.2) is 5.78 Å². The third-order valence-corrected chi connectivity index (χ3v) is 3.30. The van der Waals surface area contributed by atoms with Crippen LogP contribution >= 0.6 is 0 Å². The van der Waals surface area contributed by atoms with E-state index in [-0.39, 0.29) is 24.1 Å². The smallest absolute Gasteiger partial charge is 0.309 e. The van der Waals surface area contributed by atoms with Crippen LogP contribution in [0.5, 0.6) is 0 Å². The molecule has 0 aromatic carbocycles. The standard InChI is InChI=1S/C14H23NO4/c1-6-14(10(16)7-11(17)15-14)8-9(2)12(18)19-13(3,4)5/h9H,6-8H2,1-5H3,(H,15,17). The minimum absolute atomic E-state index is 0.0884. The van der Waals surface area contributed by atoms with E-state index in [0.717, 1.165) is 0 Å². The van der Waals surface area contributed by atoms with Gasteiger partial charge in [-0.1, -0.05) is 13.8 Å². The van der Waals surface area contributed by atoms with Crippen LogP contribution in [0.2, 0.25) is 0 Å². The number of amides is 1. The van der Waals surface area contributed by atoms with E-state index >= 15 is 0 Å². The Hall–Kier alpha value is -1.39. The Bertz CT molecular complexity index is 397. The van der Waals surface area contributed by atoms with E-state index in [9.17, 15) is 14.4 Å². The molecular weight excluding hydrogens is 246 g/mol. The van der Waals surface area contributed by atoms with Gasteiger partial charge < -0.3 is 10.1 Å². The predicted octanol–water partition coefficient (Wildman–Crippen LogP) is 1.59. The number of hydrogen-bond donors (Lipinski definition) is 1. The van der Waals surface area contributed by atoms with Crippen LogP contribution in [0.25, 0.3) is 0 Å². The Morgan fingerprint density at radius 1 is 1.42 bits per heavy atom. The summed E-state index contributed by atoms with van der Waals surface area (Å²) in [5.41, 5.74) is -1.44. The van der Waals surface area contributed by atoms with Crippen LogP contribution in [-0.4, -0.2) is 28.8 Å². The second-order valence-electron chi connectivity index (χ2n) is 6.22. The Morgan fingerprint density at radius 3 is 2.37 bits per heavy atom. The first kappa shape index (κ1) is 15.7. The molecule has 1 N–H and O–H groups in total. The van der Waals surface area contributed by atoms with E-state index in [4.69, 9.17) is 4.74 Å². The molecule has 0 saturated carbocycles. The summed E-state index contributed by atoms with van der Waals surface area (Å²) in [6.45, 7) is 8.97. The summed E-state index contributed by atoms with van der Waals surface area (Å²) < 4.78 is 5.30. The van der Waals surface area contributed by atoms with Crippen molar-refractivity contribution < 1.29 is 19.1 Å². The van der Waals surface area contributed by atoms with Gasteiger partial charge in [0.25, 0.3) is 0 Å². The van der Waals surface area contributed by atoms with E-state index in [2.05, 4.69) is 5.32 Å². The molecule has 1 fully saturated rings. The number of carbonyl (C=O) groups excluding carboxylic acids is 3. The van der Waals surface area contributed by atoms with Crippen LogP contribution in [-0.2, 0) is 19.1 Å². The van der Waals surface area contributed by atoms with Gasteiger partial charge in [0.1, 0.15) is 5.60 Å². The summed E-state index contributed by atoms with van der Waals surface area (Å²) in [4.78, 5) is 35.3. The van der Waals surface area contributed by atoms with Crippen molar-refractivity contribution in [3.63, 3.8) is 0 Å². The fourth-order valence-corrected chi connectivity index (χ4v) is 2.30. The molecule has 1 saturated heterocycles. The summed E-state index contributed by atoms with van der Waals surface area (Å²) in [6, 6.07) is 0. The number of carbonyl (C=O) groups is 3. The van der Waals surface area contributed by atoms with E-state index in [0.29, 0.717) is 12.8 Å². The molecule has 1 amide bonds. The molecule has 0 radical (unpaired) electrons. The highest BCUT2D eigenvalue weighted by Crippen LogP contribution is 2.29. The Morgan fingerprint density at radius 2 is 2.00 bits per heavy atom. The summed E-state index contributed by atoms with van der Waals surface area (Å²) in [6.07, 6.45) is 0.697. The molecule has 1 aliphatic heterocycles. The second-order valence-corrected chi connectivity index (χ2v) is 6.22. The number of hydrogen-bond acceptors (Lipinski definition) is 4. The normalized spacial score (nSPS) is 25.1. The molecule has 0 aromatic rings. The first-order valence-corrected chi connectivity index (χ1v) is 6.67. The van der Waals surface area contributed by atoms with Gasteiger partial charge in [-0.05, 0) is 33.6 Å². The Labute approximate surface area is 114 Å². The van der Waals surface area contributed by atoms with E-state index in [1.807, 2.05) is 6.92 Å². The van der Waals surface area contributed by atoms with Gasteiger partial charge in [0.05, 0.1) is 17.9 Å². The molecule has 2 unspecified atom stereocenters. The third-order valence-electron chi connectivity index (χ3n) is 3.30. The molecule has 0 bridgehead atoms. The lowest BCUT2D eigenvalue weighted by molar-refractivity contribution is -0.160. The summed E-state index contributed by atoms with van der Waals surface area (Å²) in [7, 11) is 0. The molecular formula is C14H23NO4. The number of rotatable bonds is 4. The van der Waals surface area contributed by atoms with Crippen LogP contribution in [0, 0.1) is 5.92 Å². The predicted molar refractivity (Wildman–Crippen MR) is 70.4 cm³/mol. The van der Waals surface area contributed by atoms with Crippen molar-refractivity contribution in [1.82, 2.24) is 5.32 Å². The van der Waals surface area contributed by atoms with Gasteiger partial charge in [-0.2, -0.15) is 0 Å². The molecule has 1 rings (SSSR count). The highest BCUT2D eigenvalue weighted by Gasteiger charge is 2.46. The van der Waals surface area contributed by atoms with Crippen molar-refractivity contribution in [2.75, 3.05) is 0 Å². The first-order valence-electron chi connectivity index (χ1n) is 6.67. The molecule has 5 nitrogen and oxygen atoms in total. The number of ketones is 1. The van der Waals surface area contributed by atoms with Gasteiger partial charge in [0.2, 0.25) is 5.91 Å². The topological polar surface area (TPSA) is 72.5 Å². The monoisotopic (exact) mass is 269 g/mol.